The highest BCUT2D eigenvalue weighted by Gasteiger charge is 2.51. The average molecular weight is 250 g/mol. The largest absolute Gasteiger partial charge is 0.369 e. The molecule has 2 atom stereocenters. The van der Waals surface area contributed by atoms with Gasteiger partial charge < -0.3 is 11.1 Å². The van der Waals surface area contributed by atoms with Crippen LogP contribution in [-0.2, 0) is 9.59 Å². The summed E-state index contributed by atoms with van der Waals surface area (Å²) in [4.78, 5) is 23.6. The number of hydrogen-bond acceptors (Lipinski definition) is 2. The van der Waals surface area contributed by atoms with Crippen molar-refractivity contribution in [3.63, 3.8) is 0 Å². The molecule has 3 fully saturated rings. The summed E-state index contributed by atoms with van der Waals surface area (Å²) >= 11 is 0. The van der Waals surface area contributed by atoms with Gasteiger partial charge in [-0.3, -0.25) is 9.59 Å². The van der Waals surface area contributed by atoms with Crippen LogP contribution >= 0.6 is 0 Å². The third kappa shape index (κ3) is 2.13. The third-order valence-electron chi connectivity index (χ3n) is 5.09. The first-order chi connectivity index (χ1) is 8.62. The highest BCUT2D eigenvalue weighted by atomic mass is 16.2. The maximum absolute atomic E-state index is 12.0. The Labute approximate surface area is 108 Å². The van der Waals surface area contributed by atoms with Crippen LogP contribution < -0.4 is 11.1 Å². The van der Waals surface area contributed by atoms with Gasteiger partial charge in [-0.1, -0.05) is 12.8 Å². The molecule has 0 aliphatic heterocycles. The lowest BCUT2D eigenvalue weighted by molar-refractivity contribution is -0.128. The minimum absolute atomic E-state index is 0.152. The molecule has 0 spiro atoms. The summed E-state index contributed by atoms with van der Waals surface area (Å²) in [5.74, 6) is 1.59. The second-order valence-electron chi connectivity index (χ2n) is 6.41. The van der Waals surface area contributed by atoms with E-state index in [2.05, 4.69) is 5.32 Å². The van der Waals surface area contributed by atoms with Crippen LogP contribution in [0.25, 0.3) is 0 Å². The zero-order valence-electron chi connectivity index (χ0n) is 10.8. The SMILES string of the molecule is NC(=O)C1(CNC(=O)[C@@H]2C[C@@H]2C2CC2)CCCC1. The molecule has 0 unspecified atom stereocenters. The standard InChI is InChI=1S/C14H22N2O2/c15-13(18)14(5-1-2-6-14)8-16-12(17)11-7-10(11)9-3-4-9/h9-11H,1-8H2,(H2,15,18)(H,16,17)/t10-,11-/m1/s1. The van der Waals surface area contributed by atoms with E-state index < -0.39 is 5.41 Å². The number of hydrogen-bond donors (Lipinski definition) is 2. The second-order valence-corrected chi connectivity index (χ2v) is 6.41. The average Bonchev–Trinajstić information content (AvgIpc) is 3.22. The molecule has 0 radical (unpaired) electrons. The Morgan fingerprint density at radius 2 is 1.89 bits per heavy atom. The molecular formula is C14H22N2O2. The number of rotatable bonds is 5. The Morgan fingerprint density at radius 1 is 1.22 bits per heavy atom. The van der Waals surface area contributed by atoms with E-state index >= 15 is 0 Å². The van der Waals surface area contributed by atoms with Crippen molar-refractivity contribution in [1.29, 1.82) is 0 Å². The number of primary amides is 1. The zero-order chi connectivity index (χ0) is 12.8. The molecule has 3 aliphatic carbocycles. The summed E-state index contributed by atoms with van der Waals surface area (Å²) in [5.41, 5.74) is 5.05. The number of nitrogens with one attached hydrogen (secondary N) is 1. The molecule has 0 bridgehead atoms. The highest BCUT2D eigenvalue weighted by molar-refractivity contribution is 5.84. The van der Waals surface area contributed by atoms with Gasteiger partial charge in [0.05, 0.1) is 5.41 Å². The van der Waals surface area contributed by atoms with Crippen molar-refractivity contribution in [3.8, 4) is 0 Å². The van der Waals surface area contributed by atoms with E-state index in [0.29, 0.717) is 12.5 Å². The van der Waals surface area contributed by atoms with Gasteiger partial charge in [-0.2, -0.15) is 0 Å². The Balaban J connectivity index is 1.50. The van der Waals surface area contributed by atoms with Crippen LogP contribution in [0.4, 0.5) is 0 Å². The summed E-state index contributed by atoms with van der Waals surface area (Å²) < 4.78 is 0. The Bertz CT molecular complexity index is 370. The van der Waals surface area contributed by atoms with Gasteiger partial charge in [0.25, 0.3) is 0 Å². The van der Waals surface area contributed by atoms with Gasteiger partial charge in [-0.05, 0) is 43.9 Å². The molecule has 4 heteroatoms. The predicted octanol–water partition coefficient (Wildman–Crippen LogP) is 1.19. The summed E-state index contributed by atoms with van der Waals surface area (Å²) in [6.07, 6.45) is 7.43. The molecule has 0 aromatic carbocycles. The molecule has 2 amide bonds. The molecule has 3 rings (SSSR count). The van der Waals surface area contributed by atoms with Crippen molar-refractivity contribution in [1.82, 2.24) is 5.32 Å². The molecule has 4 nitrogen and oxygen atoms in total. The number of nitrogens with two attached hydrogens (primary N) is 1. The lowest BCUT2D eigenvalue weighted by atomic mass is 9.85. The fourth-order valence-corrected chi connectivity index (χ4v) is 3.51. The fourth-order valence-electron chi connectivity index (χ4n) is 3.51. The maximum Gasteiger partial charge on any atom is 0.225 e. The molecular weight excluding hydrogens is 228 g/mol. The molecule has 3 saturated carbocycles. The molecule has 0 aromatic heterocycles. The van der Waals surface area contributed by atoms with Gasteiger partial charge in [-0.15, -0.1) is 0 Å². The Kier molecular flexibility index (Phi) is 2.83. The van der Waals surface area contributed by atoms with Crippen molar-refractivity contribution in [2.45, 2.75) is 44.9 Å². The van der Waals surface area contributed by atoms with Crippen molar-refractivity contribution < 1.29 is 9.59 Å². The monoisotopic (exact) mass is 250 g/mol. The maximum atomic E-state index is 12.0. The van der Waals surface area contributed by atoms with Crippen LogP contribution in [0.15, 0.2) is 0 Å². The number of carbonyl (C=O) groups is 2. The van der Waals surface area contributed by atoms with E-state index in [1.54, 1.807) is 0 Å². The Morgan fingerprint density at radius 3 is 2.44 bits per heavy atom. The third-order valence-corrected chi connectivity index (χ3v) is 5.09. The minimum atomic E-state index is -0.459. The summed E-state index contributed by atoms with van der Waals surface area (Å²) in [6.45, 7) is 0.453. The molecule has 3 N–H and O–H groups in total. The van der Waals surface area contributed by atoms with Crippen molar-refractivity contribution in [3.05, 3.63) is 0 Å². The van der Waals surface area contributed by atoms with Crippen molar-refractivity contribution in [2.75, 3.05) is 6.54 Å². The number of carbonyl (C=O) groups excluding carboxylic acids is 2. The molecule has 3 aliphatic rings. The zero-order valence-corrected chi connectivity index (χ0v) is 10.8. The quantitative estimate of drug-likeness (QED) is 0.769. The second kappa shape index (κ2) is 4.25. The van der Waals surface area contributed by atoms with E-state index in [4.69, 9.17) is 5.73 Å². The van der Waals surface area contributed by atoms with E-state index in [9.17, 15) is 9.59 Å². The normalized spacial score (nSPS) is 33.1. The van der Waals surface area contributed by atoms with Crippen LogP contribution in [-0.4, -0.2) is 18.4 Å². The highest BCUT2D eigenvalue weighted by Crippen LogP contribution is 2.54. The smallest absolute Gasteiger partial charge is 0.225 e. The lowest BCUT2D eigenvalue weighted by Crippen LogP contribution is -2.45. The van der Waals surface area contributed by atoms with Gasteiger partial charge in [0, 0.05) is 12.5 Å². The molecule has 18 heavy (non-hydrogen) atoms. The minimum Gasteiger partial charge on any atom is -0.369 e. The van der Waals surface area contributed by atoms with E-state index in [0.717, 1.165) is 38.0 Å². The number of amides is 2. The van der Waals surface area contributed by atoms with Gasteiger partial charge >= 0.3 is 0 Å². The lowest BCUT2D eigenvalue weighted by Gasteiger charge is -2.25. The van der Waals surface area contributed by atoms with E-state index in [-0.39, 0.29) is 17.7 Å². The van der Waals surface area contributed by atoms with Crippen LogP contribution in [0.3, 0.4) is 0 Å². The van der Waals surface area contributed by atoms with E-state index in [1.165, 1.54) is 12.8 Å². The van der Waals surface area contributed by atoms with Crippen molar-refractivity contribution in [2.24, 2.45) is 28.9 Å². The van der Waals surface area contributed by atoms with Gasteiger partial charge in [0.2, 0.25) is 11.8 Å². The van der Waals surface area contributed by atoms with E-state index in [1.807, 2.05) is 0 Å². The van der Waals surface area contributed by atoms with Gasteiger partial charge in [0.1, 0.15) is 0 Å². The summed E-state index contributed by atoms with van der Waals surface area (Å²) in [5, 5.41) is 2.98. The van der Waals surface area contributed by atoms with Crippen LogP contribution in [0.5, 0.6) is 0 Å². The topological polar surface area (TPSA) is 72.2 Å². The van der Waals surface area contributed by atoms with Crippen LogP contribution in [0.2, 0.25) is 0 Å². The molecule has 0 saturated heterocycles. The van der Waals surface area contributed by atoms with Crippen LogP contribution in [0.1, 0.15) is 44.9 Å². The first-order valence-electron chi connectivity index (χ1n) is 7.20. The fraction of sp³-hybridized carbons (Fsp3) is 0.857. The van der Waals surface area contributed by atoms with Crippen LogP contribution in [0, 0.1) is 23.2 Å². The molecule has 100 valence electrons. The van der Waals surface area contributed by atoms with Gasteiger partial charge in [0.15, 0.2) is 0 Å². The summed E-state index contributed by atoms with van der Waals surface area (Å²) in [6, 6.07) is 0. The Hall–Kier alpha value is -1.06. The first-order valence-corrected chi connectivity index (χ1v) is 7.20. The van der Waals surface area contributed by atoms with Gasteiger partial charge in [-0.25, -0.2) is 0 Å². The van der Waals surface area contributed by atoms with Crippen molar-refractivity contribution >= 4 is 11.8 Å². The first kappa shape index (κ1) is 12.0. The summed E-state index contributed by atoms with van der Waals surface area (Å²) in [7, 11) is 0. The molecule has 0 heterocycles. The predicted molar refractivity (Wildman–Crippen MR) is 67.4 cm³/mol. The molecule has 0 aromatic rings.